The summed E-state index contributed by atoms with van der Waals surface area (Å²) in [6, 6.07) is 9.14. The molecule has 3 aromatic rings. The van der Waals surface area contributed by atoms with E-state index >= 15 is 0 Å². The van der Waals surface area contributed by atoms with Gasteiger partial charge in [0.25, 0.3) is 0 Å². The van der Waals surface area contributed by atoms with Gasteiger partial charge in [-0.15, -0.1) is 5.10 Å². The van der Waals surface area contributed by atoms with Gasteiger partial charge in [0.15, 0.2) is 5.65 Å². The predicted octanol–water partition coefficient (Wildman–Crippen LogP) is 1.58. The Morgan fingerprint density at radius 3 is 2.76 bits per heavy atom. The first-order valence-corrected chi connectivity index (χ1v) is 15.8. The number of hydrogen-bond donors (Lipinski definition) is 3. The van der Waals surface area contributed by atoms with E-state index in [-0.39, 0.29) is 23.4 Å². The minimum absolute atomic E-state index is 0.0905. The third kappa shape index (κ3) is 5.79. The highest BCUT2D eigenvalue weighted by Crippen LogP contribution is 2.44. The molecule has 3 fully saturated rings. The second-order valence-corrected chi connectivity index (χ2v) is 12.8. The molecule has 0 atom stereocenters. The summed E-state index contributed by atoms with van der Waals surface area (Å²) in [4.78, 5) is 22.0. The van der Waals surface area contributed by atoms with E-state index in [1.165, 1.54) is 0 Å². The standard InChI is InChI=1S/C31H39N13O/c1-2-23-14-36-44(16-23)31(9-10-32)21-41(22-31)26-4-3-11-43-28(26)38-29(39-43)37-25-15-35-42(17-25)18-27(45)40-12-5-24(6-13-40)34-20-30(19-33)7-8-30/h3-4,11,14,16-17,24,34-35H,2,5-9,12-13,15,18,20-22H2,1H3,(H,37,39). The third-order valence-corrected chi connectivity index (χ3v) is 9.62. The number of carbonyl (C=O) groups excluding carboxylic acids is 1. The molecule has 14 heteroatoms. The molecule has 2 saturated heterocycles. The molecule has 45 heavy (non-hydrogen) atoms. The van der Waals surface area contributed by atoms with Crippen LogP contribution in [0.4, 0.5) is 11.6 Å². The molecule has 14 nitrogen and oxygen atoms in total. The van der Waals surface area contributed by atoms with Crippen LogP contribution in [0.5, 0.6) is 0 Å². The molecule has 0 spiro atoms. The first-order chi connectivity index (χ1) is 21.9. The fourth-order valence-corrected chi connectivity index (χ4v) is 6.50. The summed E-state index contributed by atoms with van der Waals surface area (Å²) in [5, 5.41) is 36.7. The summed E-state index contributed by atoms with van der Waals surface area (Å²) < 4.78 is 3.72. The van der Waals surface area contributed by atoms with Crippen LogP contribution in [0.2, 0.25) is 0 Å². The Balaban J connectivity index is 0.937. The van der Waals surface area contributed by atoms with Gasteiger partial charge in [-0.1, -0.05) is 6.92 Å². The Morgan fingerprint density at radius 1 is 1.22 bits per heavy atom. The number of hydrazine groups is 1. The van der Waals surface area contributed by atoms with E-state index in [0.29, 0.717) is 38.0 Å². The van der Waals surface area contributed by atoms with Crippen molar-refractivity contribution in [2.24, 2.45) is 5.41 Å². The van der Waals surface area contributed by atoms with E-state index < -0.39 is 0 Å². The van der Waals surface area contributed by atoms with Gasteiger partial charge in [0.1, 0.15) is 12.1 Å². The van der Waals surface area contributed by atoms with E-state index in [2.05, 4.69) is 56.4 Å². The molecule has 6 heterocycles. The van der Waals surface area contributed by atoms with Crippen molar-refractivity contribution in [3.8, 4) is 12.1 Å². The van der Waals surface area contributed by atoms with E-state index in [1.807, 2.05) is 45.3 Å². The monoisotopic (exact) mass is 609 g/mol. The second-order valence-electron chi connectivity index (χ2n) is 12.8. The van der Waals surface area contributed by atoms with Gasteiger partial charge in [0.05, 0.1) is 48.1 Å². The highest BCUT2D eigenvalue weighted by atomic mass is 16.2. The number of likely N-dealkylation sites (tertiary alicyclic amines) is 1. The zero-order valence-corrected chi connectivity index (χ0v) is 25.6. The Labute approximate surface area is 262 Å². The summed E-state index contributed by atoms with van der Waals surface area (Å²) in [6.07, 6.45) is 12.8. The fraction of sp³-hybridized carbons (Fsp3) is 0.548. The minimum Gasteiger partial charge on any atom is -0.363 e. The summed E-state index contributed by atoms with van der Waals surface area (Å²) in [7, 11) is 0. The van der Waals surface area contributed by atoms with Crippen LogP contribution in [0, 0.1) is 28.1 Å². The Hall–Kier alpha value is -4.66. The minimum atomic E-state index is -0.360. The van der Waals surface area contributed by atoms with Gasteiger partial charge in [0.2, 0.25) is 11.9 Å². The van der Waals surface area contributed by atoms with Crippen LogP contribution in [-0.4, -0.2) is 92.0 Å². The van der Waals surface area contributed by atoms with E-state index in [9.17, 15) is 15.3 Å². The van der Waals surface area contributed by atoms with Crippen molar-refractivity contribution in [1.82, 2.24) is 45.0 Å². The molecule has 0 radical (unpaired) electrons. The molecule has 3 aliphatic heterocycles. The molecule has 1 saturated carbocycles. The predicted molar refractivity (Wildman–Crippen MR) is 166 cm³/mol. The van der Waals surface area contributed by atoms with Gasteiger partial charge in [-0.25, -0.2) is 9.94 Å². The molecule has 3 N–H and O–H groups in total. The SMILES string of the molecule is CCc1cnn(C2(CC#N)CN(c3cccn4nc(NC5=CN(CC(=O)N6CCC(NCC7(C#N)CC7)CC6)NC5)nc34)C2)c1. The lowest BCUT2D eigenvalue weighted by Crippen LogP contribution is -2.63. The van der Waals surface area contributed by atoms with Crippen molar-refractivity contribution in [2.75, 3.05) is 56.0 Å². The van der Waals surface area contributed by atoms with Crippen molar-refractivity contribution in [2.45, 2.75) is 57.0 Å². The average Bonchev–Trinajstić information content (AvgIpc) is 3.33. The highest BCUT2D eigenvalue weighted by molar-refractivity contribution is 5.78. The van der Waals surface area contributed by atoms with Crippen LogP contribution in [0.25, 0.3) is 5.65 Å². The maximum Gasteiger partial charge on any atom is 0.247 e. The molecule has 1 aliphatic carbocycles. The van der Waals surface area contributed by atoms with Crippen molar-refractivity contribution in [3.63, 3.8) is 0 Å². The summed E-state index contributed by atoms with van der Waals surface area (Å²) in [5.74, 6) is 0.568. The topological polar surface area (TPSA) is 158 Å². The van der Waals surface area contributed by atoms with E-state index in [1.54, 1.807) is 4.52 Å². The van der Waals surface area contributed by atoms with Gasteiger partial charge < -0.3 is 25.4 Å². The Bertz CT molecular complexity index is 1670. The Kier molecular flexibility index (Phi) is 7.55. The number of anilines is 2. The van der Waals surface area contributed by atoms with Crippen molar-refractivity contribution >= 4 is 23.2 Å². The number of aryl methyl sites for hydroxylation is 1. The summed E-state index contributed by atoms with van der Waals surface area (Å²) in [5.41, 5.74) is 6.48. The van der Waals surface area contributed by atoms with E-state index in [0.717, 1.165) is 74.3 Å². The number of pyridine rings is 1. The number of aromatic nitrogens is 5. The van der Waals surface area contributed by atoms with Crippen LogP contribution in [0.3, 0.4) is 0 Å². The number of fused-ring (bicyclic) bond motifs is 1. The largest absolute Gasteiger partial charge is 0.363 e. The van der Waals surface area contributed by atoms with Crippen LogP contribution >= 0.6 is 0 Å². The lowest BCUT2D eigenvalue weighted by Gasteiger charge is -2.50. The number of nitrogens with zero attached hydrogens (tertiary/aromatic N) is 10. The number of piperidine rings is 1. The first-order valence-electron chi connectivity index (χ1n) is 15.8. The lowest BCUT2D eigenvalue weighted by molar-refractivity contribution is -0.133. The second kappa shape index (κ2) is 11.7. The van der Waals surface area contributed by atoms with Gasteiger partial charge in [-0.2, -0.15) is 20.6 Å². The summed E-state index contributed by atoms with van der Waals surface area (Å²) in [6.45, 7) is 6.42. The number of rotatable bonds is 11. The maximum atomic E-state index is 13.0. The number of amides is 1. The van der Waals surface area contributed by atoms with Crippen LogP contribution in [0.15, 0.2) is 42.6 Å². The van der Waals surface area contributed by atoms with Crippen molar-refractivity contribution < 1.29 is 4.79 Å². The molecule has 0 bridgehead atoms. The Morgan fingerprint density at radius 2 is 2.04 bits per heavy atom. The van der Waals surface area contributed by atoms with Gasteiger partial charge in [0, 0.05) is 57.4 Å². The smallest absolute Gasteiger partial charge is 0.247 e. The molecule has 3 aromatic heterocycles. The lowest BCUT2D eigenvalue weighted by atomic mass is 9.86. The molecule has 0 unspecified atom stereocenters. The normalized spacial score (nSPS) is 20.4. The quantitative estimate of drug-likeness (QED) is 0.290. The van der Waals surface area contributed by atoms with Crippen molar-refractivity contribution in [3.05, 3.63) is 48.2 Å². The van der Waals surface area contributed by atoms with Crippen LogP contribution < -0.4 is 21.0 Å². The van der Waals surface area contributed by atoms with E-state index in [4.69, 9.17) is 4.98 Å². The average molecular weight is 610 g/mol. The van der Waals surface area contributed by atoms with Crippen LogP contribution in [0.1, 0.15) is 44.6 Å². The van der Waals surface area contributed by atoms with Gasteiger partial charge in [-0.3, -0.25) is 9.48 Å². The number of carbonyl (C=O) groups is 1. The zero-order valence-electron chi connectivity index (χ0n) is 25.6. The summed E-state index contributed by atoms with van der Waals surface area (Å²) >= 11 is 0. The molecule has 1 amide bonds. The van der Waals surface area contributed by atoms with Gasteiger partial charge in [-0.05, 0) is 49.8 Å². The van der Waals surface area contributed by atoms with Crippen molar-refractivity contribution in [1.29, 1.82) is 10.5 Å². The molecule has 234 valence electrons. The highest BCUT2D eigenvalue weighted by Gasteiger charge is 2.46. The first kappa shape index (κ1) is 29.1. The molecule has 7 rings (SSSR count). The van der Waals surface area contributed by atoms with Crippen LogP contribution in [-0.2, 0) is 16.8 Å². The molecular formula is C31H39N13O. The number of nitrogens with one attached hydrogen (secondary N) is 3. The molecular weight excluding hydrogens is 570 g/mol. The number of hydrogen-bond acceptors (Lipinski definition) is 11. The zero-order chi connectivity index (χ0) is 31.0. The maximum absolute atomic E-state index is 13.0. The molecule has 0 aromatic carbocycles. The number of nitriles is 2. The molecule has 4 aliphatic rings. The third-order valence-electron chi connectivity index (χ3n) is 9.62. The van der Waals surface area contributed by atoms with Gasteiger partial charge >= 0.3 is 0 Å². The fourth-order valence-electron chi connectivity index (χ4n) is 6.50.